The molecule has 0 fully saturated rings. The van der Waals surface area contributed by atoms with Crippen LogP contribution in [-0.4, -0.2) is 49.9 Å². The predicted molar refractivity (Wildman–Crippen MR) is 220 cm³/mol. The van der Waals surface area contributed by atoms with E-state index in [0.29, 0.717) is 13.0 Å². The van der Waals surface area contributed by atoms with Gasteiger partial charge in [0.15, 0.2) is 0 Å². The number of nitrogens with two attached hydrogens (primary N) is 1. The zero-order chi connectivity index (χ0) is 38.1. The van der Waals surface area contributed by atoms with Gasteiger partial charge in [0.05, 0.1) is 19.8 Å². The Labute approximate surface area is 320 Å². The first kappa shape index (κ1) is 50.7. The van der Waals surface area contributed by atoms with E-state index >= 15 is 0 Å². The molecule has 0 saturated carbocycles. The average Bonchev–Trinajstić information content (AvgIpc) is 3.13. The van der Waals surface area contributed by atoms with E-state index in [4.69, 9.17) is 24.3 Å². The smallest absolute Gasteiger partial charge is 0.457 e. The molecule has 0 aliphatic heterocycles. The van der Waals surface area contributed by atoms with E-state index in [2.05, 4.69) is 50.3 Å². The van der Waals surface area contributed by atoms with Crippen LogP contribution in [0.4, 0.5) is 0 Å². The molecule has 52 heavy (non-hydrogen) atoms. The summed E-state index contributed by atoms with van der Waals surface area (Å²) in [6.07, 6.45) is 45.8. The van der Waals surface area contributed by atoms with Gasteiger partial charge in [-0.1, -0.05) is 153 Å². The lowest BCUT2D eigenvalue weighted by Gasteiger charge is -2.20. The summed E-state index contributed by atoms with van der Waals surface area (Å²) in [5, 5.41) is 0. The van der Waals surface area contributed by atoms with Crippen LogP contribution in [0.5, 0.6) is 0 Å². The lowest BCUT2D eigenvalue weighted by atomic mass is 10.1. The molecule has 3 N–H and O–H groups in total. The van der Waals surface area contributed by atoms with E-state index in [1.54, 1.807) is 0 Å². The minimum absolute atomic E-state index is 0.0975. The number of allylic oxidation sites excluding steroid dienone is 6. The molecule has 0 aromatic heterocycles. The summed E-state index contributed by atoms with van der Waals surface area (Å²) in [6, 6.07) is 0. The first-order valence-electron chi connectivity index (χ1n) is 21.5. The lowest BCUT2D eigenvalue weighted by Crippen LogP contribution is -2.28. The number of rotatable bonds is 41. The highest BCUT2D eigenvalue weighted by Crippen LogP contribution is 2.43. The van der Waals surface area contributed by atoms with E-state index in [1.807, 2.05) is 0 Å². The number of hydrogen-bond acceptors (Lipinski definition) is 7. The molecule has 0 aromatic rings. The molecule has 0 aliphatic carbocycles. The number of carbonyl (C=O) groups excluding carboxylic acids is 1. The highest BCUT2D eigenvalue weighted by atomic mass is 31.2. The van der Waals surface area contributed by atoms with Crippen LogP contribution in [0, 0.1) is 0 Å². The van der Waals surface area contributed by atoms with Crippen LogP contribution in [0.1, 0.15) is 194 Å². The molecule has 306 valence electrons. The summed E-state index contributed by atoms with van der Waals surface area (Å²) < 4.78 is 33.4. The van der Waals surface area contributed by atoms with E-state index in [1.165, 1.54) is 135 Å². The third-order valence-corrected chi connectivity index (χ3v) is 10.0. The van der Waals surface area contributed by atoms with Gasteiger partial charge in [0.2, 0.25) is 0 Å². The van der Waals surface area contributed by atoms with Crippen molar-refractivity contribution in [3.8, 4) is 0 Å². The maximum Gasteiger partial charge on any atom is 0.472 e. The third kappa shape index (κ3) is 39.9. The van der Waals surface area contributed by atoms with Crippen molar-refractivity contribution in [1.82, 2.24) is 0 Å². The number of esters is 1. The lowest BCUT2D eigenvalue weighted by molar-refractivity contribution is -0.154. The molecule has 0 bridgehead atoms. The first-order chi connectivity index (χ1) is 25.4. The number of phosphoric acid groups is 1. The van der Waals surface area contributed by atoms with Crippen molar-refractivity contribution in [2.75, 3.05) is 33.0 Å². The Morgan fingerprint density at radius 3 is 1.56 bits per heavy atom. The zero-order valence-electron chi connectivity index (χ0n) is 33.8. The summed E-state index contributed by atoms with van der Waals surface area (Å²) in [7, 11) is -4.28. The summed E-state index contributed by atoms with van der Waals surface area (Å²) in [6.45, 7) is 4.88. The van der Waals surface area contributed by atoms with Gasteiger partial charge >= 0.3 is 13.8 Å². The van der Waals surface area contributed by atoms with Gasteiger partial charge in [-0.05, 0) is 70.6 Å². The van der Waals surface area contributed by atoms with Gasteiger partial charge < -0.3 is 20.1 Å². The summed E-state index contributed by atoms with van der Waals surface area (Å²) >= 11 is 0. The van der Waals surface area contributed by atoms with E-state index < -0.39 is 13.9 Å². The molecule has 0 heterocycles. The minimum atomic E-state index is -4.28. The molecule has 8 nitrogen and oxygen atoms in total. The normalized spacial score (nSPS) is 13.8. The molecule has 0 rings (SSSR count). The standard InChI is InChI=1S/C43H82NO7P/c1-3-5-7-9-11-13-15-17-19-20-21-22-23-24-26-28-30-32-34-36-43(45)51-42(41-50-52(46,47)49-39-37-44)40-48-38-35-33-31-29-27-25-18-16-14-12-10-8-6-4-2/h11,13-14,16-17,19,42H,3-10,12,15,18,20-41,44H2,1-2H3,(H,46,47)/b13-11-,16-14-,19-17-. The quantitative estimate of drug-likeness (QED) is 0.0274. The van der Waals surface area contributed by atoms with Crippen molar-refractivity contribution in [2.24, 2.45) is 5.73 Å². The maximum atomic E-state index is 12.6. The molecule has 2 atom stereocenters. The fourth-order valence-corrected chi connectivity index (χ4v) is 6.61. The Balaban J connectivity index is 4.03. The van der Waals surface area contributed by atoms with Crippen molar-refractivity contribution in [2.45, 2.75) is 200 Å². The molecule has 2 unspecified atom stereocenters. The second kappa shape index (κ2) is 40.9. The molecule has 0 aromatic carbocycles. The molecular weight excluding hydrogens is 673 g/mol. The number of hydrogen-bond donors (Lipinski definition) is 2. The SMILES string of the molecule is CCCCC/C=C\C/C=C\CCCCCCCCCCCC(=O)OC(COCCCCCCCC/C=C\CCCCCC)COP(=O)(O)OCCN. The van der Waals surface area contributed by atoms with Crippen LogP contribution in [-0.2, 0) is 27.9 Å². The van der Waals surface area contributed by atoms with Crippen molar-refractivity contribution < 1.29 is 32.8 Å². The van der Waals surface area contributed by atoms with Crippen LogP contribution in [0.25, 0.3) is 0 Å². The molecule has 0 aliphatic rings. The Bertz CT molecular complexity index is 895. The highest BCUT2D eigenvalue weighted by Gasteiger charge is 2.25. The van der Waals surface area contributed by atoms with Gasteiger partial charge in [-0.15, -0.1) is 0 Å². The summed E-state index contributed by atoms with van der Waals surface area (Å²) in [4.78, 5) is 22.5. The highest BCUT2D eigenvalue weighted by molar-refractivity contribution is 7.47. The van der Waals surface area contributed by atoms with Gasteiger partial charge in [0, 0.05) is 19.6 Å². The van der Waals surface area contributed by atoms with E-state index in [-0.39, 0.29) is 32.3 Å². The maximum absolute atomic E-state index is 12.6. The largest absolute Gasteiger partial charge is 0.472 e. The Hall–Kier alpha value is -1.28. The van der Waals surface area contributed by atoms with Crippen molar-refractivity contribution in [3.63, 3.8) is 0 Å². The van der Waals surface area contributed by atoms with E-state index in [0.717, 1.165) is 38.5 Å². The second-order valence-corrected chi connectivity index (χ2v) is 15.7. The molecule has 0 spiro atoms. The fraction of sp³-hybridized carbons (Fsp3) is 0.837. The van der Waals surface area contributed by atoms with Crippen LogP contribution in [0.15, 0.2) is 36.5 Å². The second-order valence-electron chi connectivity index (χ2n) is 14.2. The van der Waals surface area contributed by atoms with Crippen LogP contribution >= 0.6 is 7.82 Å². The monoisotopic (exact) mass is 756 g/mol. The third-order valence-electron chi connectivity index (χ3n) is 9.03. The zero-order valence-corrected chi connectivity index (χ0v) is 34.7. The van der Waals surface area contributed by atoms with Gasteiger partial charge in [-0.2, -0.15) is 0 Å². The predicted octanol–water partition coefficient (Wildman–Crippen LogP) is 12.6. The minimum Gasteiger partial charge on any atom is -0.457 e. The van der Waals surface area contributed by atoms with Gasteiger partial charge in [0.1, 0.15) is 6.10 Å². The van der Waals surface area contributed by atoms with Gasteiger partial charge in [-0.3, -0.25) is 13.8 Å². The molecule has 0 amide bonds. The van der Waals surface area contributed by atoms with Crippen molar-refractivity contribution in [1.29, 1.82) is 0 Å². The average molecular weight is 756 g/mol. The number of phosphoric ester groups is 1. The van der Waals surface area contributed by atoms with Crippen LogP contribution < -0.4 is 5.73 Å². The van der Waals surface area contributed by atoms with Crippen molar-refractivity contribution >= 4 is 13.8 Å². The van der Waals surface area contributed by atoms with Crippen molar-refractivity contribution in [3.05, 3.63) is 36.5 Å². The van der Waals surface area contributed by atoms with Crippen LogP contribution in [0.3, 0.4) is 0 Å². The van der Waals surface area contributed by atoms with Gasteiger partial charge in [0.25, 0.3) is 0 Å². The summed E-state index contributed by atoms with van der Waals surface area (Å²) in [5.74, 6) is -0.337. The summed E-state index contributed by atoms with van der Waals surface area (Å²) in [5.41, 5.74) is 5.36. The first-order valence-corrected chi connectivity index (χ1v) is 23.0. The molecule has 0 radical (unpaired) electrons. The fourth-order valence-electron chi connectivity index (χ4n) is 5.84. The Morgan fingerprint density at radius 1 is 0.577 bits per heavy atom. The Kier molecular flexibility index (Phi) is 39.9. The molecule has 9 heteroatoms. The van der Waals surface area contributed by atoms with Gasteiger partial charge in [-0.25, -0.2) is 4.57 Å². The molecule has 0 saturated heterocycles. The number of ether oxygens (including phenoxy) is 2. The Morgan fingerprint density at radius 2 is 1.02 bits per heavy atom. The molecular formula is C43H82NO7P. The number of carbonyl (C=O) groups is 1. The van der Waals surface area contributed by atoms with Crippen LogP contribution in [0.2, 0.25) is 0 Å². The topological polar surface area (TPSA) is 117 Å². The van der Waals surface area contributed by atoms with E-state index in [9.17, 15) is 14.3 Å². The number of unbranched alkanes of at least 4 members (excludes halogenated alkanes) is 22.